The van der Waals surface area contributed by atoms with E-state index in [9.17, 15) is 14.7 Å². The maximum absolute atomic E-state index is 13.4. The van der Waals surface area contributed by atoms with Gasteiger partial charge < -0.3 is 33.7 Å². The van der Waals surface area contributed by atoms with E-state index in [0.717, 1.165) is 0 Å². The van der Waals surface area contributed by atoms with E-state index in [1.807, 2.05) is 34.6 Å². The molecule has 0 radical (unpaired) electrons. The van der Waals surface area contributed by atoms with Crippen LogP contribution in [0.2, 0.25) is 0 Å². The average Bonchev–Trinajstić information content (AvgIpc) is 3.13. The predicted octanol–water partition coefficient (Wildman–Crippen LogP) is 4.74. The highest BCUT2D eigenvalue weighted by Crippen LogP contribution is 2.43. The van der Waals surface area contributed by atoms with Crippen LogP contribution in [0.4, 0.5) is 0 Å². The number of nitrogens with zero attached hydrogens (tertiary/aromatic N) is 1. The van der Waals surface area contributed by atoms with Crippen molar-refractivity contribution in [2.24, 2.45) is 0 Å². The molecule has 0 aliphatic carbocycles. The Morgan fingerprint density at radius 3 is 2.24 bits per heavy atom. The summed E-state index contributed by atoms with van der Waals surface area (Å²) >= 11 is 0. The molecule has 1 aliphatic rings. The minimum atomic E-state index is -0.876. The fourth-order valence-corrected chi connectivity index (χ4v) is 4.34. The fourth-order valence-electron chi connectivity index (χ4n) is 4.34. The molecule has 1 N–H and O–H groups in total. The second-order valence-corrected chi connectivity index (χ2v) is 8.82. The lowest BCUT2D eigenvalue weighted by molar-refractivity contribution is -0.140. The Labute approximate surface area is 223 Å². The Morgan fingerprint density at radius 2 is 1.61 bits per heavy atom. The number of likely N-dealkylation sites (tertiary alicyclic amines) is 1. The third kappa shape index (κ3) is 6.22. The summed E-state index contributed by atoms with van der Waals surface area (Å²) in [6.45, 7) is 10.9. The third-order valence-corrected chi connectivity index (χ3v) is 5.84. The molecule has 9 nitrogen and oxygen atoms in total. The molecule has 1 fully saturated rings. The number of aliphatic hydroxyl groups excluding tert-OH is 1. The monoisotopic (exact) mass is 527 g/mol. The van der Waals surface area contributed by atoms with E-state index in [0.29, 0.717) is 48.4 Å². The van der Waals surface area contributed by atoms with E-state index in [1.54, 1.807) is 36.4 Å². The summed E-state index contributed by atoms with van der Waals surface area (Å²) in [7, 11) is 1.52. The van der Waals surface area contributed by atoms with Crippen LogP contribution in [-0.4, -0.2) is 67.9 Å². The standard InChI is InChI=1S/C29H37NO8/c1-7-35-20-11-12-21(23(17-20)36-8-2)27(31)25-26(30(14-15-34-6)29(33)28(25)32)19-10-13-22(38-18(4)5)24(16-19)37-9-3/h10-13,16-18,26,31H,7-9,14-15H2,1-6H3/b27-25+. The van der Waals surface area contributed by atoms with Gasteiger partial charge in [-0.2, -0.15) is 0 Å². The lowest BCUT2D eigenvalue weighted by atomic mass is 9.94. The molecular weight excluding hydrogens is 490 g/mol. The highest BCUT2D eigenvalue weighted by atomic mass is 16.5. The van der Waals surface area contributed by atoms with Crippen LogP contribution in [0.3, 0.4) is 0 Å². The summed E-state index contributed by atoms with van der Waals surface area (Å²) in [6.07, 6.45) is -0.0796. The highest BCUT2D eigenvalue weighted by molar-refractivity contribution is 6.46. The normalized spacial score (nSPS) is 16.7. The van der Waals surface area contributed by atoms with Gasteiger partial charge in [0.15, 0.2) is 11.5 Å². The van der Waals surface area contributed by atoms with Crippen molar-refractivity contribution in [2.75, 3.05) is 40.1 Å². The second-order valence-electron chi connectivity index (χ2n) is 8.82. The van der Waals surface area contributed by atoms with Crippen LogP contribution < -0.4 is 18.9 Å². The molecule has 3 rings (SSSR count). The van der Waals surface area contributed by atoms with Crippen molar-refractivity contribution in [2.45, 2.75) is 46.8 Å². The third-order valence-electron chi connectivity index (χ3n) is 5.84. The molecule has 0 saturated carbocycles. The van der Waals surface area contributed by atoms with Crippen LogP contribution in [0.15, 0.2) is 42.0 Å². The van der Waals surface area contributed by atoms with Crippen LogP contribution in [0.5, 0.6) is 23.0 Å². The number of hydrogen-bond donors (Lipinski definition) is 1. The number of Topliss-reactive ketones (excluding diaryl/α,β-unsaturated/α-hetero) is 1. The average molecular weight is 528 g/mol. The number of carbonyl (C=O) groups excluding carboxylic acids is 2. The van der Waals surface area contributed by atoms with Crippen LogP contribution in [0, 0.1) is 0 Å². The van der Waals surface area contributed by atoms with E-state index < -0.39 is 17.7 Å². The Kier molecular flexibility index (Phi) is 10.0. The van der Waals surface area contributed by atoms with Gasteiger partial charge in [0.05, 0.1) is 49.7 Å². The van der Waals surface area contributed by atoms with Crippen molar-refractivity contribution in [1.82, 2.24) is 4.90 Å². The number of hydrogen-bond acceptors (Lipinski definition) is 8. The smallest absolute Gasteiger partial charge is 0.295 e. The maximum Gasteiger partial charge on any atom is 0.295 e. The van der Waals surface area contributed by atoms with Crippen molar-refractivity contribution in [3.63, 3.8) is 0 Å². The number of benzene rings is 2. The van der Waals surface area contributed by atoms with Crippen LogP contribution in [-0.2, 0) is 14.3 Å². The number of methoxy groups -OCH3 is 1. The summed E-state index contributed by atoms with van der Waals surface area (Å²) < 4.78 is 28.2. The van der Waals surface area contributed by atoms with Crippen LogP contribution in [0.25, 0.3) is 5.76 Å². The molecule has 1 amide bonds. The van der Waals surface area contributed by atoms with Gasteiger partial charge in [0.25, 0.3) is 11.7 Å². The molecule has 0 bridgehead atoms. The van der Waals surface area contributed by atoms with E-state index >= 15 is 0 Å². The molecule has 38 heavy (non-hydrogen) atoms. The van der Waals surface area contributed by atoms with Gasteiger partial charge in [-0.3, -0.25) is 9.59 Å². The Balaban J connectivity index is 2.22. The fraction of sp³-hybridized carbons (Fsp3) is 0.448. The topological polar surface area (TPSA) is 104 Å². The molecule has 1 aliphatic heterocycles. The first-order valence-corrected chi connectivity index (χ1v) is 12.9. The molecule has 1 unspecified atom stereocenters. The number of carbonyl (C=O) groups is 2. The molecule has 0 aromatic heterocycles. The van der Waals surface area contributed by atoms with Crippen molar-refractivity contribution in [3.8, 4) is 23.0 Å². The molecule has 9 heteroatoms. The first-order valence-electron chi connectivity index (χ1n) is 12.9. The lowest BCUT2D eigenvalue weighted by Crippen LogP contribution is -2.32. The largest absolute Gasteiger partial charge is 0.507 e. The number of ketones is 1. The van der Waals surface area contributed by atoms with Crippen LogP contribution >= 0.6 is 0 Å². The second kappa shape index (κ2) is 13.2. The lowest BCUT2D eigenvalue weighted by Gasteiger charge is -2.26. The number of aliphatic hydroxyl groups is 1. The van der Waals surface area contributed by atoms with E-state index in [-0.39, 0.29) is 36.2 Å². The quantitative estimate of drug-likeness (QED) is 0.226. The zero-order valence-electron chi connectivity index (χ0n) is 22.9. The number of ether oxygens (including phenoxy) is 5. The maximum atomic E-state index is 13.4. The van der Waals surface area contributed by atoms with Crippen molar-refractivity contribution in [3.05, 3.63) is 53.1 Å². The van der Waals surface area contributed by atoms with Gasteiger partial charge >= 0.3 is 0 Å². The van der Waals surface area contributed by atoms with E-state index in [2.05, 4.69) is 0 Å². The molecular formula is C29H37NO8. The minimum absolute atomic E-state index is 0.0452. The minimum Gasteiger partial charge on any atom is -0.507 e. The summed E-state index contributed by atoms with van der Waals surface area (Å²) in [5.74, 6) is 0.0791. The van der Waals surface area contributed by atoms with Gasteiger partial charge in [-0.15, -0.1) is 0 Å². The molecule has 206 valence electrons. The zero-order chi connectivity index (χ0) is 27.8. The first-order chi connectivity index (χ1) is 18.3. The predicted molar refractivity (Wildman–Crippen MR) is 143 cm³/mol. The molecule has 2 aromatic rings. The summed E-state index contributed by atoms with van der Waals surface area (Å²) in [5.41, 5.74) is 0.830. The van der Waals surface area contributed by atoms with Gasteiger partial charge in [0.1, 0.15) is 17.3 Å². The van der Waals surface area contributed by atoms with Gasteiger partial charge in [-0.05, 0) is 64.4 Å². The molecule has 2 aromatic carbocycles. The van der Waals surface area contributed by atoms with Gasteiger partial charge in [0.2, 0.25) is 0 Å². The van der Waals surface area contributed by atoms with Gasteiger partial charge in [0, 0.05) is 19.7 Å². The molecule has 1 saturated heterocycles. The molecule has 0 spiro atoms. The number of rotatable bonds is 13. The van der Waals surface area contributed by atoms with Gasteiger partial charge in [-0.25, -0.2) is 0 Å². The van der Waals surface area contributed by atoms with Crippen molar-refractivity contribution >= 4 is 17.4 Å². The van der Waals surface area contributed by atoms with Crippen LogP contribution in [0.1, 0.15) is 51.8 Å². The Hall–Kier alpha value is -3.72. The summed E-state index contributed by atoms with van der Waals surface area (Å²) in [5, 5.41) is 11.5. The highest BCUT2D eigenvalue weighted by Gasteiger charge is 2.46. The van der Waals surface area contributed by atoms with Crippen molar-refractivity contribution < 1.29 is 38.4 Å². The first kappa shape index (κ1) is 28.8. The summed E-state index contributed by atoms with van der Waals surface area (Å²) in [4.78, 5) is 28.0. The van der Waals surface area contributed by atoms with E-state index in [4.69, 9.17) is 23.7 Å². The molecule has 1 atom stereocenters. The Bertz CT molecular complexity index is 1170. The van der Waals surface area contributed by atoms with Crippen molar-refractivity contribution in [1.29, 1.82) is 0 Å². The van der Waals surface area contributed by atoms with Gasteiger partial charge in [-0.1, -0.05) is 6.07 Å². The molecule has 1 heterocycles. The SMILES string of the molecule is CCOc1ccc(/C(O)=C2\C(=O)C(=O)N(CCOC)C2c2ccc(OC(C)C)c(OCC)c2)c(OCC)c1. The Morgan fingerprint density at radius 1 is 0.921 bits per heavy atom. The summed E-state index contributed by atoms with van der Waals surface area (Å²) in [6, 6.07) is 9.34. The zero-order valence-corrected chi connectivity index (χ0v) is 22.9. The van der Waals surface area contributed by atoms with E-state index in [1.165, 1.54) is 12.0 Å². The number of amides is 1.